The van der Waals surface area contributed by atoms with E-state index in [1.807, 2.05) is 12.1 Å². The van der Waals surface area contributed by atoms with E-state index in [9.17, 15) is 0 Å². The van der Waals surface area contributed by atoms with Gasteiger partial charge < -0.3 is 5.32 Å². The fourth-order valence-electron chi connectivity index (χ4n) is 2.34. The number of aliphatic imine (C=N–C) groups is 1. The average molecular weight is 278 g/mol. The lowest BCUT2D eigenvalue weighted by atomic mass is 9.96. The molecule has 0 spiro atoms. The van der Waals surface area contributed by atoms with Crippen LogP contribution in [0.2, 0.25) is 0 Å². The van der Waals surface area contributed by atoms with Gasteiger partial charge in [-0.25, -0.2) is 10.8 Å². The maximum Gasteiger partial charge on any atom is 0.210 e. The number of guanidine groups is 1. The molecule has 4 nitrogen and oxygen atoms in total. The molecule has 0 radical (unpaired) electrons. The lowest BCUT2D eigenvalue weighted by molar-refractivity contribution is 0.442. The number of rotatable bonds is 3. The molecule has 1 aliphatic carbocycles. The Balaban J connectivity index is 2.02. The van der Waals surface area contributed by atoms with Gasteiger partial charge in [0.2, 0.25) is 5.96 Å². The molecule has 1 aromatic rings. The minimum Gasteiger partial charge on any atom is -0.325 e. The van der Waals surface area contributed by atoms with Crippen LogP contribution in [0.3, 0.4) is 0 Å². The molecule has 0 aromatic heterocycles. The van der Waals surface area contributed by atoms with Crippen LogP contribution in [0, 0.1) is 0 Å². The van der Waals surface area contributed by atoms with Gasteiger partial charge >= 0.3 is 0 Å². The van der Waals surface area contributed by atoms with Gasteiger partial charge in [0, 0.05) is 10.6 Å². The van der Waals surface area contributed by atoms with E-state index in [1.165, 1.54) is 24.2 Å². The predicted octanol–water partition coefficient (Wildman–Crippen LogP) is 2.97. The van der Waals surface area contributed by atoms with Crippen molar-refractivity contribution in [2.45, 2.75) is 43.0 Å². The highest BCUT2D eigenvalue weighted by molar-refractivity contribution is 7.98. The average Bonchev–Trinajstić information content (AvgIpc) is 2.48. The Bertz CT molecular complexity index is 427. The highest BCUT2D eigenvalue weighted by Gasteiger charge is 2.13. The number of nitrogens with one attached hydrogen (secondary N) is 2. The van der Waals surface area contributed by atoms with Crippen LogP contribution in [0.4, 0.5) is 5.69 Å². The smallest absolute Gasteiger partial charge is 0.210 e. The van der Waals surface area contributed by atoms with E-state index in [0.717, 1.165) is 18.5 Å². The molecule has 0 amide bonds. The summed E-state index contributed by atoms with van der Waals surface area (Å²) < 4.78 is 0. The van der Waals surface area contributed by atoms with Gasteiger partial charge in [-0.2, -0.15) is 0 Å². The van der Waals surface area contributed by atoms with Gasteiger partial charge in [-0.15, -0.1) is 11.8 Å². The fourth-order valence-corrected chi connectivity index (χ4v) is 2.80. The first-order valence-corrected chi connectivity index (χ1v) is 8.00. The van der Waals surface area contributed by atoms with Crippen LogP contribution < -0.4 is 16.6 Å². The Kier molecular flexibility index (Phi) is 5.54. The number of nitrogens with zero attached hydrogens (tertiary/aromatic N) is 1. The predicted molar refractivity (Wildman–Crippen MR) is 83.5 cm³/mol. The molecule has 0 unspecified atom stereocenters. The van der Waals surface area contributed by atoms with Crippen molar-refractivity contribution in [2.24, 2.45) is 10.8 Å². The number of hydrazine groups is 1. The van der Waals surface area contributed by atoms with E-state index >= 15 is 0 Å². The summed E-state index contributed by atoms with van der Waals surface area (Å²) in [6.45, 7) is 0. The van der Waals surface area contributed by atoms with E-state index in [-0.39, 0.29) is 0 Å². The SMILES string of the molecule is CSc1cccc(NC(=NC2CCCCC2)NN)c1. The molecule has 104 valence electrons. The van der Waals surface area contributed by atoms with E-state index in [2.05, 4.69) is 34.1 Å². The van der Waals surface area contributed by atoms with Gasteiger partial charge in [-0.05, 0) is 37.3 Å². The highest BCUT2D eigenvalue weighted by atomic mass is 32.2. The minimum atomic E-state index is 0.399. The van der Waals surface area contributed by atoms with Crippen LogP contribution in [-0.2, 0) is 0 Å². The molecule has 4 N–H and O–H groups in total. The zero-order chi connectivity index (χ0) is 13.5. The topological polar surface area (TPSA) is 62.4 Å². The fraction of sp³-hybridized carbons (Fsp3) is 0.500. The summed E-state index contributed by atoms with van der Waals surface area (Å²) in [5, 5.41) is 3.25. The third kappa shape index (κ3) is 4.44. The monoisotopic (exact) mass is 278 g/mol. The molecule has 5 heteroatoms. The number of hydrogen-bond acceptors (Lipinski definition) is 3. The van der Waals surface area contributed by atoms with Crippen molar-refractivity contribution in [3.05, 3.63) is 24.3 Å². The van der Waals surface area contributed by atoms with Crippen LogP contribution in [-0.4, -0.2) is 18.3 Å². The number of thioether (sulfide) groups is 1. The molecular weight excluding hydrogens is 256 g/mol. The summed E-state index contributed by atoms with van der Waals surface area (Å²) in [4.78, 5) is 5.89. The molecule has 1 aromatic carbocycles. The maximum absolute atomic E-state index is 5.56. The molecule has 0 saturated heterocycles. The summed E-state index contributed by atoms with van der Waals surface area (Å²) in [6, 6.07) is 8.63. The zero-order valence-corrected chi connectivity index (χ0v) is 12.2. The van der Waals surface area contributed by atoms with E-state index < -0.39 is 0 Å². The second kappa shape index (κ2) is 7.40. The zero-order valence-electron chi connectivity index (χ0n) is 11.4. The summed E-state index contributed by atoms with van der Waals surface area (Å²) >= 11 is 1.72. The second-order valence-corrected chi connectivity index (χ2v) is 5.65. The Morgan fingerprint density at radius 2 is 2.11 bits per heavy atom. The van der Waals surface area contributed by atoms with Gasteiger partial charge in [0.05, 0.1) is 6.04 Å². The van der Waals surface area contributed by atoms with Gasteiger partial charge in [0.1, 0.15) is 0 Å². The molecule has 1 saturated carbocycles. The normalized spacial score (nSPS) is 17.3. The molecule has 19 heavy (non-hydrogen) atoms. The Hall–Kier alpha value is -1.20. The molecule has 0 bridgehead atoms. The van der Waals surface area contributed by atoms with Crippen molar-refractivity contribution >= 4 is 23.4 Å². The van der Waals surface area contributed by atoms with E-state index in [1.54, 1.807) is 11.8 Å². The number of hydrogen-bond donors (Lipinski definition) is 3. The molecule has 2 rings (SSSR count). The molecule has 1 aliphatic rings. The summed E-state index contributed by atoms with van der Waals surface area (Å²) in [5.41, 5.74) is 3.68. The van der Waals surface area contributed by atoms with Crippen molar-refractivity contribution in [3.63, 3.8) is 0 Å². The largest absolute Gasteiger partial charge is 0.325 e. The third-order valence-corrected chi connectivity index (χ3v) is 4.08. The molecule has 0 atom stereocenters. The van der Waals surface area contributed by atoms with Gasteiger partial charge in [0.25, 0.3) is 0 Å². The highest BCUT2D eigenvalue weighted by Crippen LogP contribution is 2.21. The Labute approximate surface area is 119 Å². The number of anilines is 1. The first-order chi connectivity index (χ1) is 9.31. The first-order valence-electron chi connectivity index (χ1n) is 6.77. The van der Waals surface area contributed by atoms with Crippen molar-refractivity contribution in [1.29, 1.82) is 0 Å². The van der Waals surface area contributed by atoms with Crippen LogP contribution in [0.25, 0.3) is 0 Å². The second-order valence-electron chi connectivity index (χ2n) is 4.77. The standard InChI is InChI=1S/C14H22N4S/c1-19-13-9-5-8-12(10-13)17-14(18-15)16-11-6-3-2-4-7-11/h5,8-11H,2-4,6-7,15H2,1H3,(H2,16,17,18). The van der Waals surface area contributed by atoms with Crippen molar-refractivity contribution in [2.75, 3.05) is 11.6 Å². The van der Waals surface area contributed by atoms with Crippen molar-refractivity contribution in [1.82, 2.24) is 5.43 Å². The minimum absolute atomic E-state index is 0.399. The molecule has 1 fully saturated rings. The maximum atomic E-state index is 5.56. The quantitative estimate of drug-likeness (QED) is 0.261. The lowest BCUT2D eigenvalue weighted by Gasteiger charge is -2.19. The summed E-state index contributed by atoms with van der Waals surface area (Å²) in [5.74, 6) is 6.22. The molecular formula is C14H22N4S. The first kappa shape index (κ1) is 14.2. The van der Waals surface area contributed by atoms with E-state index in [4.69, 9.17) is 5.84 Å². The summed E-state index contributed by atoms with van der Waals surface area (Å²) in [6.07, 6.45) is 8.27. The third-order valence-electron chi connectivity index (χ3n) is 3.36. The van der Waals surface area contributed by atoms with Crippen LogP contribution in [0.15, 0.2) is 34.2 Å². The van der Waals surface area contributed by atoms with Gasteiger partial charge in [-0.1, -0.05) is 25.3 Å². The molecule has 0 heterocycles. The van der Waals surface area contributed by atoms with Crippen LogP contribution in [0.1, 0.15) is 32.1 Å². The van der Waals surface area contributed by atoms with Crippen molar-refractivity contribution < 1.29 is 0 Å². The van der Waals surface area contributed by atoms with Gasteiger partial charge in [0.15, 0.2) is 0 Å². The van der Waals surface area contributed by atoms with E-state index in [0.29, 0.717) is 12.0 Å². The van der Waals surface area contributed by atoms with Crippen LogP contribution in [0.5, 0.6) is 0 Å². The lowest BCUT2D eigenvalue weighted by Crippen LogP contribution is -2.37. The van der Waals surface area contributed by atoms with Crippen molar-refractivity contribution in [3.8, 4) is 0 Å². The Morgan fingerprint density at radius 1 is 1.32 bits per heavy atom. The Morgan fingerprint density at radius 3 is 2.79 bits per heavy atom. The number of nitrogens with two attached hydrogens (primary N) is 1. The summed E-state index contributed by atoms with van der Waals surface area (Å²) in [7, 11) is 0. The molecule has 0 aliphatic heterocycles. The van der Waals surface area contributed by atoms with Gasteiger partial charge in [-0.3, -0.25) is 5.43 Å². The number of benzene rings is 1. The van der Waals surface area contributed by atoms with Crippen LogP contribution >= 0.6 is 11.8 Å².